The van der Waals surface area contributed by atoms with E-state index in [9.17, 15) is 21.6 Å². The summed E-state index contributed by atoms with van der Waals surface area (Å²) in [6.45, 7) is 14.6. The van der Waals surface area contributed by atoms with Gasteiger partial charge in [0.2, 0.25) is 26.0 Å². The van der Waals surface area contributed by atoms with E-state index in [2.05, 4.69) is 9.62 Å². The standard InChI is InChI=1S/C20H33N3O5S2/c1-8-22(9-2)20(6,7)13-21-30(27,28)17-11-10-16(12-15(17)3)23-18(24)19(4,5)14-29(23,25)26/h10-12,21H,8-9,13-14H2,1-7H3. The van der Waals surface area contributed by atoms with Gasteiger partial charge < -0.3 is 0 Å². The van der Waals surface area contributed by atoms with E-state index in [0.29, 0.717) is 5.56 Å². The Bertz CT molecular complexity index is 1030. The van der Waals surface area contributed by atoms with E-state index < -0.39 is 31.4 Å². The normalized spacial score (nSPS) is 18.9. The molecule has 30 heavy (non-hydrogen) atoms. The molecule has 1 heterocycles. The molecule has 1 aliphatic heterocycles. The summed E-state index contributed by atoms with van der Waals surface area (Å²) in [6, 6.07) is 4.15. The molecule has 1 amide bonds. The largest absolute Gasteiger partial charge is 0.297 e. The van der Waals surface area contributed by atoms with Gasteiger partial charge in [0.1, 0.15) is 0 Å². The Labute approximate surface area is 180 Å². The highest BCUT2D eigenvalue weighted by Crippen LogP contribution is 2.36. The molecule has 0 aromatic heterocycles. The van der Waals surface area contributed by atoms with Gasteiger partial charge in [-0.15, -0.1) is 0 Å². The zero-order valence-electron chi connectivity index (χ0n) is 18.8. The zero-order valence-corrected chi connectivity index (χ0v) is 20.4. The predicted octanol–water partition coefficient (Wildman–Crippen LogP) is 2.10. The van der Waals surface area contributed by atoms with Crippen LogP contribution in [0.5, 0.6) is 0 Å². The molecule has 1 aromatic rings. The Morgan fingerprint density at radius 2 is 1.77 bits per heavy atom. The first kappa shape index (κ1) is 24.8. The van der Waals surface area contributed by atoms with Crippen LogP contribution in [0.3, 0.4) is 0 Å². The smallest absolute Gasteiger partial charge is 0.247 e. The fourth-order valence-electron chi connectivity index (χ4n) is 3.86. The number of nitrogens with one attached hydrogen (secondary N) is 1. The molecule has 0 atom stereocenters. The van der Waals surface area contributed by atoms with Gasteiger partial charge >= 0.3 is 0 Å². The molecule has 1 aromatic carbocycles. The van der Waals surface area contributed by atoms with Crippen molar-refractivity contribution in [1.29, 1.82) is 0 Å². The van der Waals surface area contributed by atoms with Crippen LogP contribution < -0.4 is 9.03 Å². The van der Waals surface area contributed by atoms with E-state index in [0.717, 1.165) is 17.4 Å². The van der Waals surface area contributed by atoms with E-state index in [4.69, 9.17) is 0 Å². The van der Waals surface area contributed by atoms with Crippen LogP contribution in [0.25, 0.3) is 0 Å². The van der Waals surface area contributed by atoms with Crippen LogP contribution in [0.2, 0.25) is 0 Å². The number of carbonyl (C=O) groups is 1. The zero-order chi connectivity index (χ0) is 23.1. The van der Waals surface area contributed by atoms with Crippen molar-refractivity contribution in [2.75, 3.05) is 29.7 Å². The van der Waals surface area contributed by atoms with Gasteiger partial charge in [0, 0.05) is 12.1 Å². The molecule has 0 aliphatic carbocycles. The number of carbonyl (C=O) groups excluding carboxylic acids is 1. The summed E-state index contributed by atoms with van der Waals surface area (Å²) >= 11 is 0. The molecule has 0 bridgehead atoms. The van der Waals surface area contributed by atoms with E-state index in [-0.39, 0.29) is 28.4 Å². The van der Waals surface area contributed by atoms with Crippen molar-refractivity contribution >= 4 is 31.6 Å². The van der Waals surface area contributed by atoms with Gasteiger partial charge in [-0.25, -0.2) is 25.9 Å². The third-order valence-corrected chi connectivity index (χ3v) is 9.16. The molecule has 0 spiro atoms. The molecule has 2 rings (SSSR count). The summed E-state index contributed by atoms with van der Waals surface area (Å²) in [5.74, 6) is -0.795. The molecule has 1 N–H and O–H groups in total. The number of rotatable bonds is 8. The SMILES string of the molecule is CCN(CC)C(C)(C)CNS(=O)(=O)c1ccc(N2C(=O)C(C)(C)CS2(=O)=O)cc1C. The van der Waals surface area contributed by atoms with Gasteiger partial charge in [-0.1, -0.05) is 13.8 Å². The summed E-state index contributed by atoms with van der Waals surface area (Å²) in [5.41, 5.74) is -0.861. The molecule has 10 heteroatoms. The maximum absolute atomic E-state index is 12.9. The molecule has 170 valence electrons. The third-order valence-electron chi connectivity index (χ3n) is 5.58. The second-order valence-electron chi connectivity index (χ2n) is 8.97. The van der Waals surface area contributed by atoms with Crippen LogP contribution >= 0.6 is 0 Å². The first-order valence-electron chi connectivity index (χ1n) is 10.0. The average Bonchev–Trinajstić information content (AvgIpc) is 2.76. The number of sulfonamides is 2. The second-order valence-corrected chi connectivity index (χ2v) is 12.5. The number of hydrogen-bond acceptors (Lipinski definition) is 6. The number of hydrogen-bond donors (Lipinski definition) is 1. The van der Waals surface area contributed by atoms with Gasteiger partial charge in [-0.05, 0) is 71.5 Å². The topological polar surface area (TPSA) is 104 Å². The van der Waals surface area contributed by atoms with Crippen LogP contribution in [0, 0.1) is 12.3 Å². The average molecular weight is 460 g/mol. The minimum absolute atomic E-state index is 0.0601. The third kappa shape index (κ3) is 4.71. The summed E-state index contributed by atoms with van der Waals surface area (Å²) in [4.78, 5) is 14.8. The van der Waals surface area contributed by atoms with Crippen molar-refractivity contribution in [3.05, 3.63) is 23.8 Å². The first-order chi connectivity index (χ1) is 13.6. The number of nitrogens with zero attached hydrogens (tertiary/aromatic N) is 2. The van der Waals surface area contributed by atoms with Crippen molar-refractivity contribution in [2.24, 2.45) is 5.41 Å². The van der Waals surface area contributed by atoms with Gasteiger partial charge in [0.15, 0.2) is 0 Å². The lowest BCUT2D eigenvalue weighted by molar-refractivity contribution is -0.123. The number of aryl methyl sites for hydroxylation is 1. The van der Waals surface area contributed by atoms with Gasteiger partial charge in [-0.2, -0.15) is 0 Å². The van der Waals surface area contributed by atoms with Crippen molar-refractivity contribution in [3.8, 4) is 0 Å². The molecule has 0 radical (unpaired) electrons. The lowest BCUT2D eigenvalue weighted by atomic mass is 9.95. The first-order valence-corrected chi connectivity index (χ1v) is 13.1. The highest BCUT2D eigenvalue weighted by atomic mass is 32.2. The Morgan fingerprint density at radius 1 is 1.20 bits per heavy atom. The maximum Gasteiger partial charge on any atom is 0.247 e. The van der Waals surface area contributed by atoms with Crippen molar-refractivity contribution in [1.82, 2.24) is 9.62 Å². The molecular weight excluding hydrogens is 426 g/mol. The summed E-state index contributed by atoms with van der Waals surface area (Å²) in [7, 11) is -7.60. The monoisotopic (exact) mass is 459 g/mol. The summed E-state index contributed by atoms with van der Waals surface area (Å²) in [6.07, 6.45) is 0. The minimum Gasteiger partial charge on any atom is -0.297 e. The van der Waals surface area contributed by atoms with E-state index in [1.807, 2.05) is 27.7 Å². The quantitative estimate of drug-likeness (QED) is 0.638. The van der Waals surface area contributed by atoms with Gasteiger partial charge in [0.05, 0.1) is 21.8 Å². The molecule has 8 nitrogen and oxygen atoms in total. The molecular formula is C20H33N3O5S2. The number of anilines is 1. The number of likely N-dealkylation sites (N-methyl/N-ethyl adjacent to an activating group) is 1. The van der Waals surface area contributed by atoms with Crippen LogP contribution in [0.15, 0.2) is 23.1 Å². The van der Waals surface area contributed by atoms with Crippen LogP contribution in [0.4, 0.5) is 5.69 Å². The highest BCUT2D eigenvalue weighted by molar-refractivity contribution is 7.94. The minimum atomic E-state index is -3.81. The van der Waals surface area contributed by atoms with E-state index >= 15 is 0 Å². The van der Waals surface area contributed by atoms with Crippen molar-refractivity contribution < 1.29 is 21.6 Å². The Balaban J connectivity index is 2.32. The maximum atomic E-state index is 12.9. The second kappa shape index (κ2) is 8.22. The Hall–Kier alpha value is -1.49. The molecule has 0 saturated carbocycles. The van der Waals surface area contributed by atoms with Gasteiger partial charge in [-0.3, -0.25) is 9.69 Å². The summed E-state index contributed by atoms with van der Waals surface area (Å²) in [5, 5.41) is 0. The number of amides is 1. The molecule has 0 unspecified atom stereocenters. The van der Waals surface area contributed by atoms with Crippen LogP contribution in [-0.2, 0) is 24.8 Å². The fraction of sp³-hybridized carbons (Fsp3) is 0.650. The number of benzene rings is 1. The lowest BCUT2D eigenvalue weighted by Crippen LogP contribution is -2.51. The van der Waals surface area contributed by atoms with Gasteiger partial charge in [0.25, 0.3) is 0 Å². The fourth-order valence-corrected chi connectivity index (χ4v) is 7.39. The summed E-state index contributed by atoms with van der Waals surface area (Å²) < 4.78 is 54.2. The Kier molecular flexibility index (Phi) is 6.79. The highest BCUT2D eigenvalue weighted by Gasteiger charge is 2.50. The molecule has 1 aliphatic rings. The van der Waals surface area contributed by atoms with Crippen molar-refractivity contribution in [2.45, 2.75) is 58.9 Å². The van der Waals surface area contributed by atoms with E-state index in [1.165, 1.54) is 18.2 Å². The predicted molar refractivity (Wildman–Crippen MR) is 118 cm³/mol. The van der Waals surface area contributed by atoms with Crippen LogP contribution in [-0.4, -0.2) is 58.6 Å². The van der Waals surface area contributed by atoms with Crippen LogP contribution in [0.1, 0.15) is 47.1 Å². The van der Waals surface area contributed by atoms with E-state index in [1.54, 1.807) is 20.8 Å². The lowest BCUT2D eigenvalue weighted by Gasteiger charge is -2.37. The van der Waals surface area contributed by atoms with Crippen molar-refractivity contribution in [3.63, 3.8) is 0 Å². The molecule has 1 fully saturated rings. The Morgan fingerprint density at radius 3 is 2.20 bits per heavy atom. The molecule has 1 saturated heterocycles.